The third-order valence-electron chi connectivity index (χ3n) is 4.60. The summed E-state index contributed by atoms with van der Waals surface area (Å²) in [5, 5.41) is 3.66. The zero-order chi connectivity index (χ0) is 16.4. The smallest absolute Gasteiger partial charge is 0.414 e. The minimum Gasteiger partial charge on any atom is -0.443 e. The van der Waals surface area contributed by atoms with Crippen molar-refractivity contribution in [3.63, 3.8) is 0 Å². The van der Waals surface area contributed by atoms with Crippen LogP contribution in [-0.2, 0) is 4.74 Å². The summed E-state index contributed by atoms with van der Waals surface area (Å²) in [5.41, 5.74) is 0.371. The third-order valence-corrected chi connectivity index (χ3v) is 4.60. The van der Waals surface area contributed by atoms with E-state index in [9.17, 15) is 4.79 Å². The predicted molar refractivity (Wildman–Crippen MR) is 90.5 cm³/mol. The molecule has 2 saturated heterocycles. The Balaban J connectivity index is 1.74. The van der Waals surface area contributed by atoms with Gasteiger partial charge in [-0.15, -0.1) is 0 Å². The Hall–Kier alpha value is -1.62. The lowest BCUT2D eigenvalue weighted by Crippen LogP contribution is -2.45. The summed E-state index contributed by atoms with van der Waals surface area (Å²) in [7, 11) is 0. The number of hydrogen-bond donors (Lipinski definition) is 1. The number of anilines is 1. The average molecular weight is 317 g/mol. The van der Waals surface area contributed by atoms with E-state index in [0.29, 0.717) is 24.5 Å². The quantitative estimate of drug-likeness (QED) is 0.929. The van der Waals surface area contributed by atoms with Crippen LogP contribution < -0.4 is 10.2 Å². The van der Waals surface area contributed by atoms with Crippen molar-refractivity contribution < 1.29 is 9.53 Å². The standard InChI is InChI=1S/C18H27N3O2/c1-18(2,3)23-17(22)21(16-6-8-19-9-7-16)12-13-10-14-4-5-15(11-13)20-14/h6-9,13-15,20H,4-5,10-12H2,1-3H3/t13?,14-,15+. The highest BCUT2D eigenvalue weighted by atomic mass is 16.6. The molecule has 3 rings (SSSR count). The summed E-state index contributed by atoms with van der Waals surface area (Å²) in [6, 6.07) is 4.99. The highest BCUT2D eigenvalue weighted by Crippen LogP contribution is 2.32. The van der Waals surface area contributed by atoms with Crippen LogP contribution in [0.4, 0.5) is 10.5 Å². The van der Waals surface area contributed by atoms with Crippen molar-refractivity contribution in [2.75, 3.05) is 11.4 Å². The van der Waals surface area contributed by atoms with Gasteiger partial charge >= 0.3 is 6.09 Å². The molecule has 3 atom stereocenters. The first-order chi connectivity index (χ1) is 10.9. The van der Waals surface area contributed by atoms with Crippen LogP contribution in [0.5, 0.6) is 0 Å². The van der Waals surface area contributed by atoms with Crippen molar-refractivity contribution in [2.45, 2.75) is 64.1 Å². The molecule has 5 heteroatoms. The Kier molecular flexibility index (Phi) is 4.57. The lowest BCUT2D eigenvalue weighted by molar-refractivity contribution is 0.0570. The summed E-state index contributed by atoms with van der Waals surface area (Å²) in [6.45, 7) is 6.43. The minimum absolute atomic E-state index is 0.269. The second-order valence-corrected chi connectivity index (χ2v) is 7.77. The number of amides is 1. The van der Waals surface area contributed by atoms with E-state index < -0.39 is 5.60 Å². The maximum absolute atomic E-state index is 12.7. The van der Waals surface area contributed by atoms with Crippen molar-refractivity contribution >= 4 is 11.8 Å². The number of hydrogen-bond acceptors (Lipinski definition) is 4. The highest BCUT2D eigenvalue weighted by molar-refractivity contribution is 5.87. The van der Waals surface area contributed by atoms with E-state index in [1.807, 2.05) is 32.9 Å². The van der Waals surface area contributed by atoms with Gasteiger partial charge in [0.2, 0.25) is 0 Å². The maximum atomic E-state index is 12.7. The summed E-state index contributed by atoms with van der Waals surface area (Å²) in [6.07, 6.45) is 7.99. The fourth-order valence-electron chi connectivity index (χ4n) is 3.71. The Morgan fingerprint density at radius 3 is 2.43 bits per heavy atom. The van der Waals surface area contributed by atoms with Gasteiger partial charge in [-0.25, -0.2) is 4.79 Å². The number of aromatic nitrogens is 1. The molecule has 2 aliphatic heterocycles. The van der Waals surface area contributed by atoms with Crippen molar-refractivity contribution in [2.24, 2.45) is 5.92 Å². The van der Waals surface area contributed by atoms with E-state index in [1.54, 1.807) is 17.3 Å². The highest BCUT2D eigenvalue weighted by Gasteiger charge is 2.35. The molecule has 1 amide bonds. The molecule has 2 aliphatic rings. The van der Waals surface area contributed by atoms with E-state index in [2.05, 4.69) is 10.3 Å². The second kappa shape index (κ2) is 6.48. The molecule has 0 spiro atoms. The van der Waals surface area contributed by atoms with Crippen molar-refractivity contribution in [1.82, 2.24) is 10.3 Å². The van der Waals surface area contributed by atoms with Gasteiger partial charge in [0, 0.05) is 31.0 Å². The Morgan fingerprint density at radius 1 is 1.26 bits per heavy atom. The average Bonchev–Trinajstić information content (AvgIpc) is 2.82. The van der Waals surface area contributed by atoms with Gasteiger partial charge in [-0.3, -0.25) is 9.88 Å². The van der Waals surface area contributed by atoms with Gasteiger partial charge in [-0.1, -0.05) is 0 Å². The van der Waals surface area contributed by atoms with E-state index in [0.717, 1.165) is 18.5 Å². The first-order valence-corrected chi connectivity index (χ1v) is 8.57. The fraction of sp³-hybridized carbons (Fsp3) is 0.667. The van der Waals surface area contributed by atoms with Crippen LogP contribution in [0.25, 0.3) is 0 Å². The molecular weight excluding hydrogens is 290 g/mol. The number of carbonyl (C=O) groups excluding carboxylic acids is 1. The Labute approximate surface area is 138 Å². The lowest BCUT2D eigenvalue weighted by atomic mass is 9.92. The molecule has 0 aliphatic carbocycles. The monoisotopic (exact) mass is 317 g/mol. The third kappa shape index (κ3) is 4.22. The van der Waals surface area contributed by atoms with Gasteiger partial charge < -0.3 is 10.1 Å². The van der Waals surface area contributed by atoms with Gasteiger partial charge in [-0.05, 0) is 64.5 Å². The van der Waals surface area contributed by atoms with Crippen molar-refractivity contribution in [3.05, 3.63) is 24.5 Å². The molecule has 3 heterocycles. The molecule has 126 valence electrons. The number of pyridine rings is 1. The Morgan fingerprint density at radius 2 is 1.87 bits per heavy atom. The summed E-state index contributed by atoms with van der Waals surface area (Å²) in [4.78, 5) is 18.5. The number of fused-ring (bicyclic) bond motifs is 2. The largest absolute Gasteiger partial charge is 0.443 e. The number of nitrogens with zero attached hydrogens (tertiary/aromatic N) is 2. The number of rotatable bonds is 3. The van der Waals surface area contributed by atoms with Crippen LogP contribution in [-0.4, -0.2) is 35.3 Å². The number of piperidine rings is 1. The number of ether oxygens (including phenoxy) is 1. The first kappa shape index (κ1) is 16.2. The topological polar surface area (TPSA) is 54.5 Å². The van der Waals surface area contributed by atoms with Crippen LogP contribution in [0.3, 0.4) is 0 Å². The Bertz CT molecular complexity index is 529. The predicted octanol–water partition coefficient (Wildman–Crippen LogP) is 3.35. The number of carbonyl (C=O) groups is 1. The van der Waals surface area contributed by atoms with E-state index in [4.69, 9.17) is 4.74 Å². The van der Waals surface area contributed by atoms with Crippen LogP contribution in [0, 0.1) is 5.92 Å². The summed E-state index contributed by atoms with van der Waals surface area (Å²) >= 11 is 0. The summed E-state index contributed by atoms with van der Waals surface area (Å²) < 4.78 is 5.62. The van der Waals surface area contributed by atoms with Gasteiger partial charge in [0.15, 0.2) is 0 Å². The normalized spacial score (nSPS) is 26.8. The molecule has 1 aromatic rings. The van der Waals surface area contributed by atoms with E-state index in [1.165, 1.54) is 12.8 Å². The zero-order valence-electron chi connectivity index (χ0n) is 14.3. The zero-order valence-corrected chi connectivity index (χ0v) is 14.3. The van der Waals surface area contributed by atoms with Crippen LogP contribution in [0.15, 0.2) is 24.5 Å². The molecule has 0 saturated carbocycles. The molecule has 1 N–H and O–H groups in total. The molecule has 2 bridgehead atoms. The van der Waals surface area contributed by atoms with E-state index >= 15 is 0 Å². The SMILES string of the molecule is CC(C)(C)OC(=O)N(CC1C[C@H]2CC[C@@H](C1)N2)c1ccncc1. The van der Waals surface area contributed by atoms with Gasteiger partial charge in [0.05, 0.1) is 5.69 Å². The van der Waals surface area contributed by atoms with Gasteiger partial charge in [0.25, 0.3) is 0 Å². The maximum Gasteiger partial charge on any atom is 0.414 e. The first-order valence-electron chi connectivity index (χ1n) is 8.57. The van der Waals surface area contributed by atoms with E-state index in [-0.39, 0.29) is 6.09 Å². The molecule has 0 radical (unpaired) electrons. The molecule has 0 aromatic carbocycles. The molecule has 1 aromatic heterocycles. The van der Waals surface area contributed by atoms with Crippen LogP contribution in [0.1, 0.15) is 46.5 Å². The van der Waals surface area contributed by atoms with Crippen LogP contribution >= 0.6 is 0 Å². The molecule has 1 unspecified atom stereocenters. The van der Waals surface area contributed by atoms with Gasteiger partial charge in [-0.2, -0.15) is 0 Å². The van der Waals surface area contributed by atoms with Crippen LogP contribution in [0.2, 0.25) is 0 Å². The molecular formula is C18H27N3O2. The number of nitrogens with one attached hydrogen (secondary N) is 1. The second-order valence-electron chi connectivity index (χ2n) is 7.77. The van der Waals surface area contributed by atoms with Crippen molar-refractivity contribution in [3.8, 4) is 0 Å². The minimum atomic E-state index is -0.491. The fourth-order valence-corrected chi connectivity index (χ4v) is 3.71. The van der Waals surface area contributed by atoms with Crippen molar-refractivity contribution in [1.29, 1.82) is 0 Å². The lowest BCUT2D eigenvalue weighted by Gasteiger charge is -2.34. The molecule has 23 heavy (non-hydrogen) atoms. The summed E-state index contributed by atoms with van der Waals surface area (Å²) in [5.74, 6) is 0.523. The van der Waals surface area contributed by atoms with Gasteiger partial charge in [0.1, 0.15) is 5.60 Å². The molecule has 5 nitrogen and oxygen atoms in total. The molecule has 2 fully saturated rings.